The summed E-state index contributed by atoms with van der Waals surface area (Å²) in [5.41, 5.74) is 11.6. The quantitative estimate of drug-likeness (QED) is 0.187. The van der Waals surface area contributed by atoms with Crippen LogP contribution in [0.25, 0.3) is 11.0 Å². The number of benzene rings is 2. The lowest BCUT2D eigenvalue weighted by Gasteiger charge is -2.16. The SMILES string of the molecule is CNc1ccc(Oc2ccc(Nc3ncnc4cnc(N5C6CN(C=O)CC65)nc34)cc2C)cc1N=N. The van der Waals surface area contributed by atoms with Crippen molar-refractivity contribution in [3.8, 4) is 11.5 Å². The van der Waals surface area contributed by atoms with Gasteiger partial charge in [0.25, 0.3) is 0 Å². The average molecular weight is 497 g/mol. The number of nitrogens with zero attached hydrogens (tertiary/aromatic N) is 7. The van der Waals surface area contributed by atoms with Gasteiger partial charge in [-0.2, -0.15) is 5.11 Å². The van der Waals surface area contributed by atoms with Crippen LogP contribution in [0.4, 0.5) is 28.8 Å². The number of amides is 1. The van der Waals surface area contributed by atoms with Gasteiger partial charge in [-0.05, 0) is 42.8 Å². The van der Waals surface area contributed by atoms with Crippen molar-refractivity contribution in [3.63, 3.8) is 0 Å². The second-order valence-electron chi connectivity index (χ2n) is 8.98. The molecule has 2 aliphatic heterocycles. The van der Waals surface area contributed by atoms with Crippen LogP contribution >= 0.6 is 0 Å². The van der Waals surface area contributed by atoms with E-state index in [2.05, 4.69) is 35.6 Å². The number of aryl methyl sites for hydroxylation is 1. The maximum absolute atomic E-state index is 11.0. The van der Waals surface area contributed by atoms with Crippen LogP contribution in [0.15, 0.2) is 54.0 Å². The maximum atomic E-state index is 11.0. The second-order valence-corrected chi connectivity index (χ2v) is 8.98. The minimum Gasteiger partial charge on any atom is -0.457 e. The van der Waals surface area contributed by atoms with E-state index in [1.165, 1.54) is 6.33 Å². The molecule has 0 radical (unpaired) electrons. The number of likely N-dealkylation sites (tertiary alicyclic amines) is 1. The Hall–Kier alpha value is -4.87. The average Bonchev–Trinajstić information content (AvgIpc) is 3.42. The summed E-state index contributed by atoms with van der Waals surface area (Å²) < 4.78 is 6.05. The summed E-state index contributed by atoms with van der Waals surface area (Å²) in [6, 6.07) is 11.6. The molecule has 4 heterocycles. The molecule has 4 aromatic rings. The van der Waals surface area contributed by atoms with Gasteiger partial charge in [0.05, 0.1) is 24.0 Å². The zero-order valence-corrected chi connectivity index (χ0v) is 20.2. The first-order valence-electron chi connectivity index (χ1n) is 11.8. The van der Waals surface area contributed by atoms with Crippen LogP contribution in [0.3, 0.4) is 0 Å². The van der Waals surface area contributed by atoms with E-state index >= 15 is 0 Å². The van der Waals surface area contributed by atoms with Crippen LogP contribution in [0.5, 0.6) is 11.5 Å². The number of carbonyl (C=O) groups excluding carboxylic acids is 1. The predicted molar refractivity (Wildman–Crippen MR) is 138 cm³/mol. The molecule has 2 saturated heterocycles. The number of hydrogen-bond donors (Lipinski definition) is 3. The molecule has 2 aliphatic rings. The van der Waals surface area contributed by atoms with E-state index in [9.17, 15) is 4.79 Å². The fourth-order valence-corrected chi connectivity index (χ4v) is 4.74. The van der Waals surface area contributed by atoms with E-state index < -0.39 is 0 Å². The number of ether oxygens (including phenoxy) is 1. The molecule has 12 heteroatoms. The van der Waals surface area contributed by atoms with E-state index in [-0.39, 0.29) is 12.1 Å². The maximum Gasteiger partial charge on any atom is 0.226 e. The van der Waals surface area contributed by atoms with Crippen molar-refractivity contribution in [2.45, 2.75) is 19.0 Å². The third-order valence-electron chi connectivity index (χ3n) is 6.68. The van der Waals surface area contributed by atoms with Gasteiger partial charge < -0.3 is 25.2 Å². The van der Waals surface area contributed by atoms with Gasteiger partial charge in [0, 0.05) is 31.9 Å². The molecule has 0 bridgehead atoms. The molecule has 12 nitrogen and oxygen atoms in total. The van der Waals surface area contributed by atoms with Gasteiger partial charge in [-0.25, -0.2) is 25.5 Å². The smallest absolute Gasteiger partial charge is 0.226 e. The summed E-state index contributed by atoms with van der Waals surface area (Å²) in [4.78, 5) is 32.9. The van der Waals surface area contributed by atoms with Crippen LogP contribution in [0.1, 0.15) is 5.56 Å². The van der Waals surface area contributed by atoms with E-state index in [1.807, 2.05) is 37.3 Å². The predicted octanol–water partition coefficient (Wildman–Crippen LogP) is 4.00. The summed E-state index contributed by atoms with van der Waals surface area (Å²) in [5, 5.41) is 9.90. The fourth-order valence-electron chi connectivity index (χ4n) is 4.74. The number of fused-ring (bicyclic) bond motifs is 2. The Bertz CT molecular complexity index is 1520. The van der Waals surface area contributed by atoms with Crippen LogP contribution < -0.4 is 20.3 Å². The Kier molecular flexibility index (Phi) is 5.48. The van der Waals surface area contributed by atoms with Crippen molar-refractivity contribution in [2.75, 3.05) is 35.7 Å². The lowest BCUT2D eigenvalue weighted by molar-refractivity contribution is -0.117. The van der Waals surface area contributed by atoms with Crippen LogP contribution in [-0.4, -0.2) is 63.5 Å². The molecule has 2 fully saturated rings. The lowest BCUT2D eigenvalue weighted by atomic mass is 10.2. The van der Waals surface area contributed by atoms with E-state index in [1.54, 1.807) is 24.2 Å². The third kappa shape index (κ3) is 4.11. The Morgan fingerprint density at radius 1 is 1.14 bits per heavy atom. The molecule has 2 unspecified atom stereocenters. The molecule has 0 saturated carbocycles. The summed E-state index contributed by atoms with van der Waals surface area (Å²) in [7, 11) is 1.78. The Morgan fingerprint density at radius 3 is 2.70 bits per heavy atom. The summed E-state index contributed by atoms with van der Waals surface area (Å²) in [6.45, 7) is 3.34. The molecule has 6 rings (SSSR count). The number of nitrogens with one attached hydrogen (secondary N) is 3. The molecule has 0 spiro atoms. The van der Waals surface area contributed by atoms with Crippen LogP contribution in [0.2, 0.25) is 0 Å². The zero-order valence-electron chi connectivity index (χ0n) is 20.2. The van der Waals surface area contributed by atoms with E-state index in [0.717, 1.165) is 23.3 Å². The third-order valence-corrected chi connectivity index (χ3v) is 6.68. The molecule has 37 heavy (non-hydrogen) atoms. The van der Waals surface area contributed by atoms with Crippen LogP contribution in [-0.2, 0) is 4.79 Å². The van der Waals surface area contributed by atoms with Crippen molar-refractivity contribution in [1.82, 2.24) is 24.8 Å². The lowest BCUT2D eigenvalue weighted by Crippen LogP contribution is -2.28. The number of hydrogen-bond acceptors (Lipinski definition) is 11. The van der Waals surface area contributed by atoms with Gasteiger partial charge in [-0.15, -0.1) is 0 Å². The van der Waals surface area contributed by atoms with Gasteiger partial charge >= 0.3 is 0 Å². The van der Waals surface area contributed by atoms with Crippen LogP contribution in [0, 0.1) is 12.5 Å². The van der Waals surface area contributed by atoms with Gasteiger partial charge in [-0.1, -0.05) is 0 Å². The van der Waals surface area contributed by atoms with E-state index in [0.29, 0.717) is 53.1 Å². The number of piperazine rings is 1. The van der Waals surface area contributed by atoms with Crippen molar-refractivity contribution in [1.29, 1.82) is 5.53 Å². The van der Waals surface area contributed by atoms with Gasteiger partial charge in [0.2, 0.25) is 12.4 Å². The highest BCUT2D eigenvalue weighted by molar-refractivity contribution is 5.87. The largest absolute Gasteiger partial charge is 0.457 e. The standard InChI is InChI=1S/C25H24N10O2/c1-14-7-15(3-6-22(14)37-16-4-5-17(27-2)18(8-16)33-26)31-24-23-19(29-12-30-24)9-28-25(32-23)35-20-10-34(13-36)11-21(20)35/h3-9,12-13,20-21,26-27H,10-11H2,1-2H3,(H,29,30,31). The highest BCUT2D eigenvalue weighted by Crippen LogP contribution is 2.39. The molecule has 2 aromatic heterocycles. The second kappa shape index (κ2) is 8.97. The summed E-state index contributed by atoms with van der Waals surface area (Å²) in [5.74, 6) is 2.48. The van der Waals surface area contributed by atoms with Crippen molar-refractivity contribution >= 4 is 46.3 Å². The summed E-state index contributed by atoms with van der Waals surface area (Å²) in [6.07, 6.45) is 4.08. The molecule has 1 amide bonds. The topological polar surface area (TPSA) is 144 Å². The van der Waals surface area contributed by atoms with E-state index in [4.69, 9.17) is 15.3 Å². The molecule has 186 valence electrons. The zero-order chi connectivity index (χ0) is 25.5. The first-order chi connectivity index (χ1) is 18.1. The van der Waals surface area contributed by atoms with Gasteiger partial charge in [0.15, 0.2) is 5.82 Å². The highest BCUT2D eigenvalue weighted by Gasteiger charge is 2.55. The summed E-state index contributed by atoms with van der Waals surface area (Å²) >= 11 is 0. The van der Waals surface area contributed by atoms with Gasteiger partial charge in [0.1, 0.15) is 34.5 Å². The minimum atomic E-state index is 0.263. The van der Waals surface area contributed by atoms with Gasteiger partial charge in [-0.3, -0.25) is 4.79 Å². The number of carbonyl (C=O) groups is 1. The minimum absolute atomic E-state index is 0.263. The molecule has 2 aromatic carbocycles. The molecular weight excluding hydrogens is 472 g/mol. The van der Waals surface area contributed by atoms with Crippen molar-refractivity contribution in [3.05, 3.63) is 54.5 Å². The first kappa shape index (κ1) is 22.6. The molecule has 3 N–H and O–H groups in total. The van der Waals surface area contributed by atoms with Crippen molar-refractivity contribution in [2.24, 2.45) is 5.11 Å². The number of aromatic nitrogens is 4. The monoisotopic (exact) mass is 496 g/mol. The Morgan fingerprint density at radius 2 is 1.97 bits per heavy atom. The molecule has 0 aliphatic carbocycles. The molecular formula is C25H24N10O2. The Balaban J connectivity index is 1.22. The number of anilines is 4. The Labute approximate surface area is 212 Å². The first-order valence-corrected chi connectivity index (χ1v) is 11.8. The highest BCUT2D eigenvalue weighted by atomic mass is 16.5. The normalized spacial score (nSPS) is 17.9. The number of rotatable bonds is 8. The van der Waals surface area contributed by atoms with Crippen molar-refractivity contribution < 1.29 is 9.53 Å². The fraction of sp³-hybridized carbons (Fsp3) is 0.240. The molecule has 2 atom stereocenters.